The van der Waals surface area contributed by atoms with E-state index in [-0.39, 0.29) is 30.5 Å². The smallest absolute Gasteiger partial charge is 0.309 e. The summed E-state index contributed by atoms with van der Waals surface area (Å²) in [5.41, 5.74) is 6.63. The van der Waals surface area contributed by atoms with Gasteiger partial charge in [-0.2, -0.15) is 0 Å². The van der Waals surface area contributed by atoms with Crippen molar-refractivity contribution in [2.75, 3.05) is 0 Å². The molecule has 0 fully saturated rings. The number of unbranched alkanes of at least 4 members (excludes halogenated alkanes) is 10. The monoisotopic (exact) mass is 751 g/mol. The predicted molar refractivity (Wildman–Crippen MR) is 215 cm³/mol. The maximum Gasteiger partial charge on any atom is 0.309 e. The van der Waals surface area contributed by atoms with Crippen LogP contribution in [0.2, 0.25) is 0 Å². The first-order valence-electron chi connectivity index (χ1n) is 21.0. The van der Waals surface area contributed by atoms with E-state index in [4.69, 9.17) is 14.6 Å². The second-order valence-corrected chi connectivity index (χ2v) is 17.1. The van der Waals surface area contributed by atoms with Crippen LogP contribution in [0.4, 0.5) is 0 Å². The van der Waals surface area contributed by atoms with Gasteiger partial charge < -0.3 is 29.9 Å². The van der Waals surface area contributed by atoms with Crippen molar-refractivity contribution in [3.63, 3.8) is 0 Å². The fourth-order valence-corrected chi connectivity index (χ4v) is 9.19. The van der Waals surface area contributed by atoms with Crippen LogP contribution in [0.3, 0.4) is 0 Å². The van der Waals surface area contributed by atoms with Gasteiger partial charge in [0.25, 0.3) is 0 Å². The molecule has 4 N–H and O–H groups in total. The van der Waals surface area contributed by atoms with E-state index in [0.29, 0.717) is 30.8 Å². The number of carboxylic acid groups (broad SMARTS) is 2. The standard InChI is InChI=1S/C46H70O8/c1-28-30(3)43-38(32(5)41(28)49)26-36(34(7)53-43)21-24-46(45(51)52,23-19-17-15-13-11-9-10-12-14-16-18-20-40(47)48)25-22-37-27-39-33(6)42(50)29(2)31(4)44(39)54-35(37)8/h34-37,49-50H,9-27H2,1-8H3,(H,47,48)(H,51,52). The van der Waals surface area contributed by atoms with Crippen LogP contribution in [-0.4, -0.2) is 44.6 Å². The predicted octanol–water partition coefficient (Wildman–Crippen LogP) is 11.3. The minimum atomic E-state index is -0.860. The lowest BCUT2D eigenvalue weighted by Gasteiger charge is -2.39. The van der Waals surface area contributed by atoms with E-state index in [0.717, 1.165) is 133 Å². The molecule has 0 spiro atoms. The zero-order chi connectivity index (χ0) is 39.7. The van der Waals surface area contributed by atoms with E-state index in [2.05, 4.69) is 13.8 Å². The fourth-order valence-electron chi connectivity index (χ4n) is 9.19. The minimum absolute atomic E-state index is 0.0543. The van der Waals surface area contributed by atoms with Gasteiger partial charge in [-0.3, -0.25) is 9.59 Å². The van der Waals surface area contributed by atoms with Crippen molar-refractivity contribution in [1.82, 2.24) is 0 Å². The number of aliphatic carboxylic acids is 2. The number of benzene rings is 2. The zero-order valence-electron chi connectivity index (χ0n) is 34.7. The number of hydrogen-bond donors (Lipinski definition) is 4. The molecule has 302 valence electrons. The number of aromatic hydroxyl groups is 2. The molecule has 0 aromatic heterocycles. The third-order valence-electron chi connectivity index (χ3n) is 13.5. The highest BCUT2D eigenvalue weighted by Gasteiger charge is 2.42. The largest absolute Gasteiger partial charge is 0.507 e. The summed E-state index contributed by atoms with van der Waals surface area (Å²) in [4.78, 5) is 24.2. The van der Waals surface area contributed by atoms with Gasteiger partial charge >= 0.3 is 11.9 Å². The molecule has 2 aliphatic rings. The Bertz CT molecular complexity index is 1520. The Labute approximate surface area is 325 Å². The van der Waals surface area contributed by atoms with Crippen LogP contribution >= 0.6 is 0 Å². The van der Waals surface area contributed by atoms with E-state index in [9.17, 15) is 24.9 Å². The Morgan fingerprint density at radius 1 is 0.556 bits per heavy atom. The number of phenolic OH excluding ortho intramolecular Hbond substituents is 2. The van der Waals surface area contributed by atoms with Gasteiger partial charge in [-0.1, -0.05) is 64.2 Å². The molecule has 4 rings (SSSR count). The second-order valence-electron chi connectivity index (χ2n) is 17.1. The normalized spacial score (nSPS) is 20.4. The Balaban J connectivity index is 1.41. The maximum absolute atomic E-state index is 13.5. The number of carboxylic acids is 2. The van der Waals surface area contributed by atoms with Crippen molar-refractivity contribution in [3.05, 3.63) is 44.5 Å². The quantitative estimate of drug-likeness (QED) is 0.0927. The van der Waals surface area contributed by atoms with Crippen LogP contribution in [0.1, 0.15) is 168 Å². The molecule has 0 saturated carbocycles. The van der Waals surface area contributed by atoms with Crippen LogP contribution in [0.25, 0.3) is 0 Å². The van der Waals surface area contributed by atoms with Crippen LogP contribution in [-0.2, 0) is 22.4 Å². The van der Waals surface area contributed by atoms with E-state index < -0.39 is 17.4 Å². The van der Waals surface area contributed by atoms with Crippen LogP contribution in [0, 0.1) is 58.8 Å². The molecule has 2 heterocycles. The summed E-state index contributed by atoms with van der Waals surface area (Å²) in [7, 11) is 0. The van der Waals surface area contributed by atoms with Crippen molar-refractivity contribution in [2.24, 2.45) is 17.3 Å². The molecule has 54 heavy (non-hydrogen) atoms. The summed E-state index contributed by atoms with van der Waals surface area (Å²) in [5, 5.41) is 41.6. The van der Waals surface area contributed by atoms with Gasteiger partial charge in [0, 0.05) is 17.5 Å². The molecule has 2 aromatic rings. The van der Waals surface area contributed by atoms with Gasteiger partial charge in [-0.05, 0) is 152 Å². The van der Waals surface area contributed by atoms with E-state index >= 15 is 0 Å². The third kappa shape index (κ3) is 10.3. The summed E-state index contributed by atoms with van der Waals surface area (Å²) >= 11 is 0. The van der Waals surface area contributed by atoms with Crippen molar-refractivity contribution in [1.29, 1.82) is 0 Å². The Hall–Kier alpha value is -3.42. The summed E-state index contributed by atoms with van der Waals surface area (Å²) in [6, 6.07) is 0. The van der Waals surface area contributed by atoms with Gasteiger partial charge in [-0.15, -0.1) is 0 Å². The molecule has 4 atom stereocenters. The molecule has 0 amide bonds. The van der Waals surface area contributed by atoms with Crippen LogP contribution in [0.5, 0.6) is 23.0 Å². The molecule has 2 aromatic carbocycles. The summed E-state index contributed by atoms with van der Waals surface area (Å²) in [5.74, 6) is 1.30. The molecule has 0 radical (unpaired) electrons. The van der Waals surface area contributed by atoms with E-state index in [1.807, 2.05) is 41.5 Å². The van der Waals surface area contributed by atoms with Crippen molar-refractivity contribution < 1.29 is 39.5 Å². The Morgan fingerprint density at radius 2 is 0.926 bits per heavy atom. The van der Waals surface area contributed by atoms with Gasteiger partial charge in [0.05, 0.1) is 17.6 Å². The molecule has 8 nitrogen and oxygen atoms in total. The SMILES string of the molecule is Cc1c(C)c2c(c(C)c1O)CC(CCC(CCCCCCCCCCCCCC(=O)O)(CCC1Cc3c(C)c(O)c(C)c(C)c3OC1C)C(=O)O)C(C)O2. The van der Waals surface area contributed by atoms with Gasteiger partial charge in [0.2, 0.25) is 0 Å². The van der Waals surface area contributed by atoms with Crippen LogP contribution < -0.4 is 9.47 Å². The Morgan fingerprint density at radius 3 is 1.30 bits per heavy atom. The van der Waals surface area contributed by atoms with Gasteiger partial charge in [0.1, 0.15) is 23.0 Å². The zero-order valence-corrected chi connectivity index (χ0v) is 34.7. The molecule has 8 heteroatoms. The molecule has 4 unspecified atom stereocenters. The number of rotatable bonds is 21. The number of ether oxygens (including phenoxy) is 2. The maximum atomic E-state index is 13.5. The molecule has 0 saturated heterocycles. The van der Waals surface area contributed by atoms with Crippen molar-refractivity contribution >= 4 is 11.9 Å². The first-order chi connectivity index (χ1) is 25.6. The summed E-state index contributed by atoms with van der Waals surface area (Å²) in [6.07, 6.45) is 16.7. The fraction of sp³-hybridized carbons (Fsp3) is 0.696. The summed E-state index contributed by atoms with van der Waals surface area (Å²) in [6.45, 7) is 16.0. The molecule has 2 aliphatic heterocycles. The minimum Gasteiger partial charge on any atom is -0.507 e. The average Bonchev–Trinajstić information content (AvgIpc) is 3.14. The van der Waals surface area contributed by atoms with E-state index in [1.54, 1.807) is 0 Å². The number of carbonyl (C=O) groups is 2. The topological polar surface area (TPSA) is 134 Å². The third-order valence-corrected chi connectivity index (χ3v) is 13.5. The highest BCUT2D eigenvalue weighted by atomic mass is 16.5. The van der Waals surface area contributed by atoms with Gasteiger partial charge in [-0.25, -0.2) is 0 Å². The molecule has 0 bridgehead atoms. The first kappa shape index (κ1) is 43.3. The van der Waals surface area contributed by atoms with Gasteiger partial charge in [0.15, 0.2) is 0 Å². The molecular formula is C46H70O8. The number of hydrogen-bond acceptors (Lipinski definition) is 6. The van der Waals surface area contributed by atoms with E-state index in [1.165, 1.54) is 19.3 Å². The average molecular weight is 751 g/mol. The number of phenols is 2. The number of fused-ring (bicyclic) bond motifs is 2. The molecular weight excluding hydrogens is 680 g/mol. The highest BCUT2D eigenvalue weighted by Crippen LogP contribution is 2.47. The lowest BCUT2D eigenvalue weighted by atomic mass is 9.70. The lowest BCUT2D eigenvalue weighted by Crippen LogP contribution is -2.38. The first-order valence-corrected chi connectivity index (χ1v) is 21.0. The van der Waals surface area contributed by atoms with Crippen LogP contribution in [0.15, 0.2) is 0 Å². The highest BCUT2D eigenvalue weighted by molar-refractivity contribution is 5.74. The summed E-state index contributed by atoms with van der Waals surface area (Å²) < 4.78 is 13.1. The van der Waals surface area contributed by atoms with Crippen molar-refractivity contribution in [3.8, 4) is 23.0 Å². The molecule has 0 aliphatic carbocycles. The van der Waals surface area contributed by atoms with Crippen molar-refractivity contribution in [2.45, 2.75) is 190 Å². The lowest BCUT2D eigenvalue weighted by molar-refractivity contribution is -0.151. The Kier molecular flexibility index (Phi) is 15.6. The second kappa shape index (κ2) is 19.4.